The van der Waals surface area contributed by atoms with Crippen LogP contribution < -0.4 is 10.6 Å². The summed E-state index contributed by atoms with van der Waals surface area (Å²) >= 11 is 0. The molecule has 1 aromatic carbocycles. The molecule has 0 spiro atoms. The third kappa shape index (κ3) is 4.77. The summed E-state index contributed by atoms with van der Waals surface area (Å²) in [6, 6.07) is 7.84. The van der Waals surface area contributed by atoms with E-state index in [0.717, 1.165) is 11.3 Å². The number of nitrogens with zero attached hydrogens (tertiary/aromatic N) is 2. The topological polar surface area (TPSA) is 66.9 Å². The summed E-state index contributed by atoms with van der Waals surface area (Å²) in [6.07, 6.45) is 0. The molecule has 0 unspecified atom stereocenters. The molecule has 2 rings (SSSR count). The van der Waals surface area contributed by atoms with Crippen molar-refractivity contribution >= 4 is 17.4 Å². The van der Waals surface area contributed by atoms with Crippen molar-refractivity contribution in [1.29, 1.82) is 0 Å². The average Bonchev–Trinajstić information content (AvgIpc) is 2.47. The quantitative estimate of drug-likeness (QED) is 0.886. The fourth-order valence-corrected chi connectivity index (χ4v) is 2.23. The standard InChI is InChI=1S/C18H24N4O/c1-11(2)10-19-18(23)16-9-17(21-14(5)20-16)22-15-7-6-12(3)8-13(15)4/h6-9,11H,10H2,1-5H3,(H,19,23)(H,20,21,22). The second kappa shape index (κ2) is 7.22. The molecular weight excluding hydrogens is 288 g/mol. The summed E-state index contributed by atoms with van der Waals surface area (Å²) in [6.45, 7) is 10.6. The number of rotatable bonds is 5. The maximum Gasteiger partial charge on any atom is 0.270 e. The molecule has 1 aromatic heterocycles. The average molecular weight is 312 g/mol. The van der Waals surface area contributed by atoms with Gasteiger partial charge in [-0.1, -0.05) is 31.5 Å². The fraction of sp³-hybridized carbons (Fsp3) is 0.389. The van der Waals surface area contributed by atoms with Crippen molar-refractivity contribution in [2.45, 2.75) is 34.6 Å². The van der Waals surface area contributed by atoms with Gasteiger partial charge in [-0.2, -0.15) is 0 Å². The first-order chi connectivity index (χ1) is 10.8. The number of benzene rings is 1. The van der Waals surface area contributed by atoms with Crippen LogP contribution in [-0.2, 0) is 0 Å². The first-order valence-electron chi connectivity index (χ1n) is 7.83. The van der Waals surface area contributed by atoms with E-state index in [9.17, 15) is 4.79 Å². The van der Waals surface area contributed by atoms with Gasteiger partial charge in [0.1, 0.15) is 17.3 Å². The predicted octanol–water partition coefficient (Wildman–Crippen LogP) is 3.53. The largest absolute Gasteiger partial charge is 0.350 e. The van der Waals surface area contributed by atoms with Crippen LogP contribution in [0.15, 0.2) is 24.3 Å². The van der Waals surface area contributed by atoms with E-state index >= 15 is 0 Å². The Balaban J connectivity index is 2.21. The van der Waals surface area contributed by atoms with Crippen LogP contribution in [0.5, 0.6) is 0 Å². The fourth-order valence-electron chi connectivity index (χ4n) is 2.23. The lowest BCUT2D eigenvalue weighted by molar-refractivity contribution is 0.0943. The van der Waals surface area contributed by atoms with Crippen LogP contribution in [0.2, 0.25) is 0 Å². The Morgan fingerprint density at radius 2 is 1.87 bits per heavy atom. The van der Waals surface area contributed by atoms with Crippen molar-refractivity contribution < 1.29 is 4.79 Å². The molecule has 1 amide bonds. The maximum atomic E-state index is 12.2. The van der Waals surface area contributed by atoms with Crippen molar-refractivity contribution in [3.05, 3.63) is 46.9 Å². The number of anilines is 2. The number of nitrogens with one attached hydrogen (secondary N) is 2. The van der Waals surface area contributed by atoms with Crippen molar-refractivity contribution in [2.75, 3.05) is 11.9 Å². The molecule has 2 N–H and O–H groups in total. The second-order valence-corrected chi connectivity index (χ2v) is 6.23. The van der Waals surface area contributed by atoms with Gasteiger partial charge >= 0.3 is 0 Å². The van der Waals surface area contributed by atoms with Gasteiger partial charge in [0.25, 0.3) is 5.91 Å². The minimum absolute atomic E-state index is 0.173. The summed E-state index contributed by atoms with van der Waals surface area (Å²) < 4.78 is 0. The van der Waals surface area contributed by atoms with Crippen LogP contribution in [0.4, 0.5) is 11.5 Å². The molecule has 23 heavy (non-hydrogen) atoms. The summed E-state index contributed by atoms with van der Waals surface area (Å²) in [5.41, 5.74) is 3.69. The molecule has 5 heteroatoms. The van der Waals surface area contributed by atoms with Gasteiger partial charge in [-0.25, -0.2) is 9.97 Å². The van der Waals surface area contributed by atoms with E-state index in [-0.39, 0.29) is 5.91 Å². The van der Waals surface area contributed by atoms with Gasteiger partial charge in [0.15, 0.2) is 0 Å². The summed E-state index contributed by atoms with van der Waals surface area (Å²) in [5.74, 6) is 1.41. The van der Waals surface area contributed by atoms with Gasteiger partial charge in [-0.3, -0.25) is 4.79 Å². The van der Waals surface area contributed by atoms with Crippen molar-refractivity contribution in [3.63, 3.8) is 0 Å². The number of hydrogen-bond donors (Lipinski definition) is 2. The molecule has 0 bridgehead atoms. The number of carbonyl (C=O) groups excluding carboxylic acids is 1. The summed E-state index contributed by atoms with van der Waals surface area (Å²) in [7, 11) is 0. The third-order valence-electron chi connectivity index (χ3n) is 3.39. The van der Waals surface area contributed by atoms with Crippen LogP contribution in [0.3, 0.4) is 0 Å². The van der Waals surface area contributed by atoms with E-state index in [1.807, 2.05) is 19.1 Å². The Labute approximate surface area is 137 Å². The van der Waals surface area contributed by atoms with Crippen LogP contribution in [0.25, 0.3) is 0 Å². The lowest BCUT2D eigenvalue weighted by atomic mass is 10.1. The molecule has 1 heterocycles. The summed E-state index contributed by atoms with van der Waals surface area (Å²) in [4.78, 5) is 20.8. The van der Waals surface area contributed by atoms with E-state index in [4.69, 9.17) is 0 Å². The number of aryl methyl sites for hydroxylation is 3. The van der Waals surface area contributed by atoms with Gasteiger partial charge in [0.2, 0.25) is 0 Å². The van der Waals surface area contributed by atoms with Gasteiger partial charge in [-0.05, 0) is 38.3 Å². The highest BCUT2D eigenvalue weighted by Crippen LogP contribution is 2.20. The Morgan fingerprint density at radius 3 is 2.52 bits per heavy atom. The van der Waals surface area contributed by atoms with Crippen molar-refractivity contribution in [3.8, 4) is 0 Å². The van der Waals surface area contributed by atoms with E-state index in [1.165, 1.54) is 5.56 Å². The molecule has 2 aromatic rings. The van der Waals surface area contributed by atoms with E-state index < -0.39 is 0 Å². The lowest BCUT2D eigenvalue weighted by Crippen LogP contribution is -2.28. The molecule has 122 valence electrons. The number of hydrogen-bond acceptors (Lipinski definition) is 4. The zero-order valence-electron chi connectivity index (χ0n) is 14.4. The molecular formula is C18H24N4O. The van der Waals surface area contributed by atoms with E-state index in [2.05, 4.69) is 47.4 Å². The number of amides is 1. The summed E-state index contributed by atoms with van der Waals surface area (Å²) in [5, 5.41) is 6.15. The molecule has 0 radical (unpaired) electrons. The Kier molecular flexibility index (Phi) is 5.32. The van der Waals surface area contributed by atoms with Crippen LogP contribution >= 0.6 is 0 Å². The minimum atomic E-state index is -0.173. The number of aromatic nitrogens is 2. The number of carbonyl (C=O) groups is 1. The molecule has 0 aliphatic heterocycles. The van der Waals surface area contributed by atoms with Crippen molar-refractivity contribution in [2.24, 2.45) is 5.92 Å². The Morgan fingerprint density at radius 1 is 1.13 bits per heavy atom. The predicted molar refractivity (Wildman–Crippen MR) is 93.1 cm³/mol. The normalized spacial score (nSPS) is 10.7. The Bertz CT molecular complexity index is 710. The van der Waals surface area contributed by atoms with Gasteiger partial charge in [0.05, 0.1) is 0 Å². The van der Waals surface area contributed by atoms with E-state index in [1.54, 1.807) is 13.0 Å². The minimum Gasteiger partial charge on any atom is -0.350 e. The molecule has 0 fully saturated rings. The first-order valence-corrected chi connectivity index (χ1v) is 7.83. The van der Waals surface area contributed by atoms with Crippen molar-refractivity contribution in [1.82, 2.24) is 15.3 Å². The van der Waals surface area contributed by atoms with Crippen LogP contribution in [-0.4, -0.2) is 22.4 Å². The van der Waals surface area contributed by atoms with E-state index in [0.29, 0.717) is 29.8 Å². The van der Waals surface area contributed by atoms with Gasteiger partial charge in [-0.15, -0.1) is 0 Å². The molecule has 0 atom stereocenters. The SMILES string of the molecule is Cc1ccc(Nc2cc(C(=O)NCC(C)C)nc(C)n2)c(C)c1. The highest BCUT2D eigenvalue weighted by molar-refractivity contribution is 5.93. The second-order valence-electron chi connectivity index (χ2n) is 6.23. The zero-order chi connectivity index (χ0) is 17.0. The molecule has 0 aliphatic rings. The highest BCUT2D eigenvalue weighted by Gasteiger charge is 2.11. The first kappa shape index (κ1) is 16.9. The molecule has 5 nitrogen and oxygen atoms in total. The van der Waals surface area contributed by atoms with Gasteiger partial charge < -0.3 is 10.6 Å². The van der Waals surface area contributed by atoms with Crippen LogP contribution in [0.1, 0.15) is 41.3 Å². The smallest absolute Gasteiger partial charge is 0.270 e. The monoisotopic (exact) mass is 312 g/mol. The lowest BCUT2D eigenvalue weighted by Gasteiger charge is -2.12. The Hall–Kier alpha value is -2.43. The maximum absolute atomic E-state index is 12.2. The van der Waals surface area contributed by atoms with Crippen LogP contribution in [0, 0.1) is 26.7 Å². The third-order valence-corrected chi connectivity index (χ3v) is 3.39. The van der Waals surface area contributed by atoms with Gasteiger partial charge in [0, 0.05) is 18.3 Å². The highest BCUT2D eigenvalue weighted by atomic mass is 16.1. The zero-order valence-corrected chi connectivity index (χ0v) is 14.4. The molecule has 0 aliphatic carbocycles. The molecule has 0 saturated carbocycles. The molecule has 0 saturated heterocycles.